The van der Waals surface area contributed by atoms with Gasteiger partial charge in [0.05, 0.1) is 11.6 Å². The topological polar surface area (TPSA) is 96.0 Å². The third-order valence-corrected chi connectivity index (χ3v) is 5.13. The maximum absolute atomic E-state index is 12.2. The summed E-state index contributed by atoms with van der Waals surface area (Å²) in [4.78, 5) is 23.5. The van der Waals surface area contributed by atoms with Crippen LogP contribution >= 0.6 is 23.1 Å². The molecule has 1 aliphatic heterocycles. The van der Waals surface area contributed by atoms with Crippen molar-refractivity contribution in [2.45, 2.75) is 37.6 Å². The Bertz CT molecular complexity index is 599. The van der Waals surface area contributed by atoms with E-state index < -0.39 is 0 Å². The van der Waals surface area contributed by atoms with Gasteiger partial charge >= 0.3 is 6.03 Å². The van der Waals surface area contributed by atoms with E-state index in [1.165, 1.54) is 0 Å². The van der Waals surface area contributed by atoms with Crippen LogP contribution in [0.25, 0.3) is 0 Å². The van der Waals surface area contributed by atoms with E-state index in [4.69, 9.17) is 0 Å². The van der Waals surface area contributed by atoms with E-state index in [1.54, 1.807) is 36.9 Å². The highest BCUT2D eigenvalue weighted by Crippen LogP contribution is 2.22. The SMILES string of the molecule is CC1=C(C(=O)NCCCSc2nnc(C)s2)[C@@H](C)NC(=O)N1. The average molecular weight is 341 g/mol. The lowest BCUT2D eigenvalue weighted by molar-refractivity contribution is -0.117. The van der Waals surface area contributed by atoms with Crippen LogP contribution in [0.4, 0.5) is 4.79 Å². The van der Waals surface area contributed by atoms with Gasteiger partial charge in [-0.25, -0.2) is 4.79 Å². The van der Waals surface area contributed by atoms with Gasteiger partial charge in [0, 0.05) is 18.0 Å². The lowest BCUT2D eigenvalue weighted by Crippen LogP contribution is -2.50. The molecule has 0 unspecified atom stereocenters. The third-order valence-electron chi connectivity index (χ3n) is 3.07. The number of hydrogen-bond donors (Lipinski definition) is 3. The number of urea groups is 1. The molecule has 2 rings (SSSR count). The minimum atomic E-state index is -0.285. The van der Waals surface area contributed by atoms with Crippen molar-refractivity contribution in [1.82, 2.24) is 26.1 Å². The first-order valence-electron chi connectivity index (χ1n) is 6.96. The van der Waals surface area contributed by atoms with Crippen LogP contribution in [0.1, 0.15) is 25.3 Å². The summed E-state index contributed by atoms with van der Waals surface area (Å²) in [5.74, 6) is 0.728. The molecule has 0 saturated carbocycles. The van der Waals surface area contributed by atoms with Gasteiger partial charge in [0.1, 0.15) is 5.01 Å². The number of rotatable bonds is 6. The van der Waals surface area contributed by atoms with Gasteiger partial charge in [0.2, 0.25) is 0 Å². The van der Waals surface area contributed by atoms with Crippen molar-refractivity contribution in [1.29, 1.82) is 0 Å². The summed E-state index contributed by atoms with van der Waals surface area (Å²) in [7, 11) is 0. The van der Waals surface area contributed by atoms with Gasteiger partial charge < -0.3 is 16.0 Å². The number of hydrogen-bond acceptors (Lipinski definition) is 6. The van der Waals surface area contributed by atoms with Crippen molar-refractivity contribution >= 4 is 35.0 Å². The van der Waals surface area contributed by atoms with Crippen LogP contribution in [0.2, 0.25) is 0 Å². The largest absolute Gasteiger partial charge is 0.352 e. The fourth-order valence-corrected chi connectivity index (χ4v) is 3.93. The maximum Gasteiger partial charge on any atom is 0.319 e. The Kier molecular flexibility index (Phi) is 5.78. The zero-order valence-corrected chi connectivity index (χ0v) is 14.4. The average Bonchev–Trinajstić information content (AvgIpc) is 2.83. The molecule has 1 aromatic rings. The summed E-state index contributed by atoms with van der Waals surface area (Å²) in [6.07, 6.45) is 0.843. The normalized spacial score (nSPS) is 18.0. The number of aromatic nitrogens is 2. The number of nitrogens with one attached hydrogen (secondary N) is 3. The molecular weight excluding hydrogens is 322 g/mol. The molecule has 3 N–H and O–H groups in total. The Hall–Kier alpha value is -1.61. The predicted molar refractivity (Wildman–Crippen MR) is 86.8 cm³/mol. The second-order valence-electron chi connectivity index (χ2n) is 4.90. The first-order valence-corrected chi connectivity index (χ1v) is 8.77. The van der Waals surface area contributed by atoms with Crippen LogP contribution in [0, 0.1) is 6.92 Å². The molecule has 3 amide bonds. The predicted octanol–water partition coefficient (Wildman–Crippen LogP) is 1.42. The van der Waals surface area contributed by atoms with Crippen molar-refractivity contribution in [3.05, 3.63) is 16.3 Å². The number of amides is 3. The molecule has 0 saturated heterocycles. The summed E-state index contributed by atoms with van der Waals surface area (Å²) >= 11 is 3.22. The number of carbonyl (C=O) groups excluding carboxylic acids is 2. The summed E-state index contributed by atoms with van der Waals surface area (Å²) in [6, 6.07) is -0.558. The number of aryl methyl sites for hydroxylation is 1. The molecule has 1 atom stereocenters. The van der Waals surface area contributed by atoms with Crippen LogP contribution in [0.5, 0.6) is 0 Å². The molecule has 0 aromatic carbocycles. The molecule has 7 nitrogen and oxygen atoms in total. The lowest BCUT2D eigenvalue weighted by atomic mass is 10.0. The van der Waals surface area contributed by atoms with Crippen LogP contribution < -0.4 is 16.0 Å². The van der Waals surface area contributed by atoms with Crippen LogP contribution in [0.3, 0.4) is 0 Å². The summed E-state index contributed by atoms with van der Waals surface area (Å²) < 4.78 is 0.954. The second kappa shape index (κ2) is 7.59. The van der Waals surface area contributed by atoms with Crippen molar-refractivity contribution in [2.24, 2.45) is 0 Å². The summed E-state index contributed by atoms with van der Waals surface area (Å²) in [5.41, 5.74) is 1.18. The molecule has 0 aliphatic carbocycles. The highest BCUT2D eigenvalue weighted by atomic mass is 32.2. The highest BCUT2D eigenvalue weighted by Gasteiger charge is 2.26. The zero-order valence-electron chi connectivity index (χ0n) is 12.7. The Morgan fingerprint density at radius 2 is 2.18 bits per heavy atom. The molecular formula is C13H19N5O2S2. The van der Waals surface area contributed by atoms with E-state index in [2.05, 4.69) is 26.1 Å². The zero-order chi connectivity index (χ0) is 16.1. The van der Waals surface area contributed by atoms with Crippen molar-refractivity contribution in [2.75, 3.05) is 12.3 Å². The van der Waals surface area contributed by atoms with E-state index in [0.29, 0.717) is 17.8 Å². The van der Waals surface area contributed by atoms with Crippen molar-refractivity contribution in [3.63, 3.8) is 0 Å². The maximum atomic E-state index is 12.2. The molecule has 1 aromatic heterocycles. The quantitative estimate of drug-likeness (QED) is 0.537. The molecule has 0 spiro atoms. The number of allylic oxidation sites excluding steroid dienone is 1. The molecule has 0 fully saturated rings. The van der Waals surface area contributed by atoms with E-state index in [1.807, 2.05) is 6.92 Å². The van der Waals surface area contributed by atoms with E-state index >= 15 is 0 Å². The van der Waals surface area contributed by atoms with Gasteiger partial charge in [0.15, 0.2) is 4.34 Å². The van der Waals surface area contributed by atoms with Gasteiger partial charge in [0.25, 0.3) is 5.91 Å². The smallest absolute Gasteiger partial charge is 0.319 e. The number of thioether (sulfide) groups is 1. The van der Waals surface area contributed by atoms with Gasteiger partial charge in [-0.1, -0.05) is 23.1 Å². The Balaban J connectivity index is 1.73. The van der Waals surface area contributed by atoms with E-state index in [-0.39, 0.29) is 18.0 Å². The minimum absolute atomic E-state index is 0.144. The second-order valence-corrected chi connectivity index (χ2v) is 7.43. The fraction of sp³-hybridized carbons (Fsp3) is 0.538. The monoisotopic (exact) mass is 341 g/mol. The van der Waals surface area contributed by atoms with E-state index in [0.717, 1.165) is 21.5 Å². The van der Waals surface area contributed by atoms with Crippen LogP contribution in [0.15, 0.2) is 15.6 Å². The highest BCUT2D eigenvalue weighted by molar-refractivity contribution is 8.01. The van der Waals surface area contributed by atoms with Crippen molar-refractivity contribution < 1.29 is 9.59 Å². The Morgan fingerprint density at radius 1 is 1.41 bits per heavy atom. The molecule has 0 radical (unpaired) electrons. The minimum Gasteiger partial charge on any atom is -0.352 e. The molecule has 2 heterocycles. The van der Waals surface area contributed by atoms with Crippen LogP contribution in [-0.2, 0) is 4.79 Å². The number of nitrogens with zero attached hydrogens (tertiary/aromatic N) is 2. The van der Waals surface area contributed by atoms with Crippen molar-refractivity contribution in [3.8, 4) is 0 Å². The summed E-state index contributed by atoms with van der Waals surface area (Å²) in [5, 5.41) is 17.1. The third kappa shape index (κ3) is 4.44. The standard InChI is InChI=1S/C13H19N5O2S2/c1-7-10(8(2)16-12(20)15-7)11(19)14-5-4-6-21-13-18-17-9(3)22-13/h7H,4-6H2,1-3H3,(H,14,19)(H2,15,16,20)/t7-/m1/s1. The lowest BCUT2D eigenvalue weighted by Gasteiger charge is -2.25. The molecule has 0 bridgehead atoms. The first-order chi connectivity index (χ1) is 10.5. The van der Waals surface area contributed by atoms with E-state index in [9.17, 15) is 9.59 Å². The fourth-order valence-electron chi connectivity index (χ4n) is 2.10. The van der Waals surface area contributed by atoms with Crippen LogP contribution in [-0.4, -0.2) is 40.5 Å². The molecule has 1 aliphatic rings. The summed E-state index contributed by atoms with van der Waals surface area (Å²) in [6.45, 7) is 6.04. The van der Waals surface area contributed by atoms with Gasteiger partial charge in [-0.05, 0) is 27.2 Å². The van der Waals surface area contributed by atoms with Gasteiger partial charge in [-0.2, -0.15) is 0 Å². The van der Waals surface area contributed by atoms with Gasteiger partial charge in [-0.3, -0.25) is 4.79 Å². The Morgan fingerprint density at radius 3 is 2.82 bits per heavy atom. The Labute approximate surface area is 137 Å². The molecule has 22 heavy (non-hydrogen) atoms. The van der Waals surface area contributed by atoms with Gasteiger partial charge in [-0.15, -0.1) is 10.2 Å². The number of carbonyl (C=O) groups is 2. The molecule has 120 valence electrons. The molecule has 9 heteroatoms. The first kappa shape index (κ1) is 16.8.